The molecule has 0 N–H and O–H groups in total. The third kappa shape index (κ3) is 6.38. The van der Waals surface area contributed by atoms with Crippen molar-refractivity contribution < 1.29 is 0 Å². The lowest BCUT2D eigenvalue weighted by molar-refractivity contribution is 1.17. The minimum absolute atomic E-state index is 0.374. The van der Waals surface area contributed by atoms with Gasteiger partial charge in [0.15, 0.2) is 0 Å². The average molecular weight is 595 g/mol. The summed E-state index contributed by atoms with van der Waals surface area (Å²) in [5.74, 6) is 0. The molecule has 0 saturated carbocycles. The van der Waals surface area contributed by atoms with E-state index >= 15 is 0 Å². The molecule has 0 nitrogen and oxygen atoms in total. The van der Waals surface area contributed by atoms with Gasteiger partial charge in [-0.1, -0.05) is 163 Å². The highest BCUT2D eigenvalue weighted by Gasteiger charge is 2.29. The standard InChI is InChI=1S/C41H40P2/c1-29-23-30(2)26-36(25-29)42(37-27-31(3)24-32(4)28-37)33(5)38-20-14-21-39(38)40-19-12-13-22-41(40)43(34-15-8-6-9-16-34)35-17-10-7-11-18-35/h6-20,22-28,33H,21H2,1-5H3/t33-/m1/s1. The summed E-state index contributed by atoms with van der Waals surface area (Å²) in [6.45, 7) is 11.4. The molecule has 5 aromatic rings. The van der Waals surface area contributed by atoms with E-state index in [9.17, 15) is 0 Å². The van der Waals surface area contributed by atoms with Gasteiger partial charge in [0.25, 0.3) is 0 Å². The molecule has 1 atom stereocenters. The maximum atomic E-state index is 2.48. The van der Waals surface area contributed by atoms with Gasteiger partial charge in [-0.15, -0.1) is 0 Å². The van der Waals surface area contributed by atoms with E-state index in [1.54, 1.807) is 0 Å². The van der Waals surface area contributed by atoms with Crippen molar-refractivity contribution in [2.75, 3.05) is 0 Å². The lowest BCUT2D eigenvalue weighted by Crippen LogP contribution is -2.24. The Hall–Kier alpha value is -3.56. The molecule has 0 aromatic heterocycles. The van der Waals surface area contributed by atoms with Gasteiger partial charge in [0, 0.05) is 5.66 Å². The van der Waals surface area contributed by atoms with Crippen LogP contribution in [0.5, 0.6) is 0 Å². The Kier molecular flexibility index (Phi) is 8.90. The fraction of sp³-hybridized carbons (Fsp3) is 0.171. The molecule has 6 rings (SSSR count). The van der Waals surface area contributed by atoms with Crippen LogP contribution in [0.25, 0.3) is 5.57 Å². The molecule has 1 aliphatic rings. The quantitative estimate of drug-likeness (QED) is 0.157. The topological polar surface area (TPSA) is 0 Å². The van der Waals surface area contributed by atoms with Crippen molar-refractivity contribution in [2.24, 2.45) is 0 Å². The molecule has 0 bridgehead atoms. The highest BCUT2D eigenvalue weighted by Crippen LogP contribution is 2.48. The van der Waals surface area contributed by atoms with E-state index in [2.05, 4.69) is 168 Å². The van der Waals surface area contributed by atoms with E-state index in [1.807, 2.05) is 0 Å². The molecule has 0 fully saturated rings. The highest BCUT2D eigenvalue weighted by atomic mass is 31.1. The van der Waals surface area contributed by atoms with Crippen molar-refractivity contribution in [2.45, 2.75) is 46.7 Å². The van der Waals surface area contributed by atoms with E-state index in [0.29, 0.717) is 5.66 Å². The molecule has 0 amide bonds. The summed E-state index contributed by atoms with van der Waals surface area (Å²) in [6.07, 6.45) is 5.80. The first kappa shape index (κ1) is 29.5. The zero-order chi connectivity index (χ0) is 29.9. The first-order chi connectivity index (χ1) is 20.9. The SMILES string of the molecule is Cc1cc(C)cc(P(c2cc(C)cc(C)c2)[C@H](C)C2=C(c3ccccc3P(c3ccccc3)c3ccccc3)CC=C2)c1. The molecule has 0 saturated heterocycles. The van der Waals surface area contributed by atoms with Crippen LogP contribution in [0, 0.1) is 27.7 Å². The highest BCUT2D eigenvalue weighted by molar-refractivity contribution is 7.80. The zero-order valence-corrected chi connectivity index (χ0v) is 27.7. The Balaban J connectivity index is 1.52. The summed E-state index contributed by atoms with van der Waals surface area (Å²) in [5.41, 5.74) is 10.1. The molecule has 0 heterocycles. The van der Waals surface area contributed by atoms with Crippen molar-refractivity contribution in [3.05, 3.63) is 167 Å². The van der Waals surface area contributed by atoms with Crippen molar-refractivity contribution in [3.63, 3.8) is 0 Å². The van der Waals surface area contributed by atoms with Gasteiger partial charge < -0.3 is 0 Å². The van der Waals surface area contributed by atoms with E-state index in [4.69, 9.17) is 0 Å². The molecule has 1 aliphatic carbocycles. The normalized spacial score (nSPS) is 13.7. The fourth-order valence-corrected chi connectivity index (χ4v) is 12.2. The molecule has 0 unspecified atom stereocenters. The molecule has 0 spiro atoms. The summed E-state index contributed by atoms with van der Waals surface area (Å²) >= 11 is 0. The number of hydrogen-bond acceptors (Lipinski definition) is 0. The summed E-state index contributed by atoms with van der Waals surface area (Å²) in [6, 6.07) is 45.7. The molecule has 5 aromatic carbocycles. The number of hydrogen-bond donors (Lipinski definition) is 0. The Bertz CT molecular complexity index is 1670. The van der Waals surface area contributed by atoms with E-state index in [1.165, 1.54) is 65.5 Å². The predicted molar refractivity (Wildman–Crippen MR) is 193 cm³/mol. The third-order valence-electron chi connectivity index (χ3n) is 8.27. The van der Waals surface area contributed by atoms with E-state index in [-0.39, 0.29) is 0 Å². The smallest absolute Gasteiger partial charge is 0.00966 e. The predicted octanol–water partition coefficient (Wildman–Crippen LogP) is 8.91. The van der Waals surface area contributed by atoms with Gasteiger partial charge in [0.2, 0.25) is 0 Å². The monoisotopic (exact) mass is 594 g/mol. The largest absolute Gasteiger partial charge is 0.0798 e. The molecule has 43 heavy (non-hydrogen) atoms. The summed E-state index contributed by atoms with van der Waals surface area (Å²) in [5, 5.41) is 7.18. The van der Waals surface area contributed by atoms with Crippen molar-refractivity contribution in [1.29, 1.82) is 0 Å². The van der Waals surface area contributed by atoms with Crippen molar-refractivity contribution in [1.82, 2.24) is 0 Å². The van der Waals surface area contributed by atoms with Crippen LogP contribution >= 0.6 is 15.8 Å². The number of aryl methyl sites for hydroxylation is 4. The number of rotatable bonds is 8. The molecule has 0 radical (unpaired) electrons. The minimum Gasteiger partial charge on any atom is -0.0798 e. The lowest BCUT2D eigenvalue weighted by Gasteiger charge is -2.29. The van der Waals surface area contributed by atoms with Gasteiger partial charge in [0.1, 0.15) is 0 Å². The molecule has 0 aliphatic heterocycles. The number of allylic oxidation sites excluding steroid dienone is 4. The van der Waals surface area contributed by atoms with Gasteiger partial charge >= 0.3 is 0 Å². The lowest BCUT2D eigenvalue weighted by atomic mass is 10.00. The maximum Gasteiger partial charge on any atom is 0.00966 e. The molecular weight excluding hydrogens is 554 g/mol. The fourth-order valence-electron chi connectivity index (χ4n) is 6.60. The Labute approximate surface area is 260 Å². The average Bonchev–Trinajstić information content (AvgIpc) is 3.48. The second kappa shape index (κ2) is 13.0. The van der Waals surface area contributed by atoms with Crippen LogP contribution in [-0.4, -0.2) is 5.66 Å². The van der Waals surface area contributed by atoms with E-state index in [0.717, 1.165) is 6.42 Å². The Morgan fingerprint density at radius 2 is 1.00 bits per heavy atom. The van der Waals surface area contributed by atoms with Crippen LogP contribution in [0.15, 0.2) is 139 Å². The zero-order valence-electron chi connectivity index (χ0n) is 25.9. The molecule has 2 heteroatoms. The van der Waals surface area contributed by atoms with Gasteiger partial charge in [-0.05, 0) is 93.2 Å². The first-order valence-electron chi connectivity index (χ1n) is 15.2. The van der Waals surface area contributed by atoms with Gasteiger partial charge in [-0.2, -0.15) is 0 Å². The minimum atomic E-state index is -0.698. The van der Waals surface area contributed by atoms with Crippen molar-refractivity contribution in [3.8, 4) is 0 Å². The summed E-state index contributed by atoms with van der Waals surface area (Å²) in [4.78, 5) is 0. The maximum absolute atomic E-state index is 2.48. The molecular formula is C41H40P2. The van der Waals surface area contributed by atoms with Gasteiger partial charge in [0.05, 0.1) is 0 Å². The van der Waals surface area contributed by atoms with Crippen LogP contribution in [0.3, 0.4) is 0 Å². The summed E-state index contributed by atoms with van der Waals surface area (Å²) < 4.78 is 0. The third-order valence-corrected chi connectivity index (χ3v) is 13.5. The van der Waals surface area contributed by atoms with Crippen LogP contribution in [-0.2, 0) is 0 Å². The molecule has 214 valence electrons. The van der Waals surface area contributed by atoms with Crippen LogP contribution in [0.2, 0.25) is 0 Å². The van der Waals surface area contributed by atoms with Crippen LogP contribution in [0.1, 0.15) is 41.2 Å². The van der Waals surface area contributed by atoms with Gasteiger partial charge in [-0.25, -0.2) is 0 Å². The second-order valence-corrected chi connectivity index (χ2v) is 16.5. The summed E-state index contributed by atoms with van der Waals surface area (Å²) in [7, 11) is -1.32. The second-order valence-electron chi connectivity index (χ2n) is 11.8. The Morgan fingerprint density at radius 3 is 1.51 bits per heavy atom. The number of benzene rings is 5. The van der Waals surface area contributed by atoms with Gasteiger partial charge in [-0.3, -0.25) is 0 Å². The van der Waals surface area contributed by atoms with Crippen LogP contribution in [0.4, 0.5) is 0 Å². The Morgan fingerprint density at radius 1 is 0.535 bits per heavy atom. The van der Waals surface area contributed by atoms with Crippen LogP contribution < -0.4 is 26.5 Å². The first-order valence-corrected chi connectivity index (χ1v) is 18.0. The van der Waals surface area contributed by atoms with Crippen molar-refractivity contribution >= 4 is 47.9 Å². The van der Waals surface area contributed by atoms with E-state index < -0.39 is 15.8 Å².